The number of ether oxygens (including phenoxy) is 1. The second kappa shape index (κ2) is 8.08. The van der Waals surface area contributed by atoms with Crippen LogP contribution in [0.1, 0.15) is 19.8 Å². The van der Waals surface area contributed by atoms with Crippen molar-refractivity contribution in [1.29, 1.82) is 0 Å². The number of nitrogens with one attached hydrogen (secondary N) is 2. The fourth-order valence-electron chi connectivity index (χ4n) is 2.01. The van der Waals surface area contributed by atoms with Gasteiger partial charge in [0.05, 0.1) is 19.1 Å². The molecule has 1 aliphatic rings. The molecule has 1 heterocycles. The van der Waals surface area contributed by atoms with Crippen molar-refractivity contribution in [3.05, 3.63) is 0 Å². The zero-order valence-electron chi connectivity index (χ0n) is 11.1. The Kier molecular flexibility index (Phi) is 6.75. The van der Waals surface area contributed by atoms with Crippen molar-refractivity contribution in [1.82, 2.24) is 10.6 Å². The van der Waals surface area contributed by atoms with Crippen LogP contribution in [0.2, 0.25) is 0 Å². The van der Waals surface area contributed by atoms with Gasteiger partial charge in [-0.25, -0.2) is 4.79 Å². The van der Waals surface area contributed by atoms with E-state index in [9.17, 15) is 9.59 Å². The van der Waals surface area contributed by atoms with Crippen LogP contribution in [-0.2, 0) is 14.3 Å². The highest BCUT2D eigenvalue weighted by molar-refractivity contribution is 5.85. The summed E-state index contributed by atoms with van der Waals surface area (Å²) in [7, 11) is 0. The van der Waals surface area contributed by atoms with Crippen LogP contribution in [0.5, 0.6) is 0 Å². The molecule has 1 rings (SSSR count). The topological polar surface area (TPSA) is 108 Å². The first-order chi connectivity index (χ1) is 9.10. The highest BCUT2D eigenvalue weighted by atomic mass is 16.5. The van der Waals surface area contributed by atoms with Crippen molar-refractivity contribution in [3.63, 3.8) is 0 Å². The average Bonchev–Trinajstić information content (AvgIpc) is 2.83. The third kappa shape index (κ3) is 4.77. The molecule has 7 nitrogen and oxygen atoms in total. The Morgan fingerprint density at radius 3 is 2.74 bits per heavy atom. The molecule has 0 spiro atoms. The molecule has 0 radical (unpaired) electrons. The first kappa shape index (κ1) is 15.9. The molecule has 19 heavy (non-hydrogen) atoms. The van der Waals surface area contributed by atoms with Crippen LogP contribution < -0.4 is 10.6 Å². The van der Waals surface area contributed by atoms with E-state index in [0.717, 1.165) is 13.0 Å². The normalized spacial score (nSPS) is 24.1. The highest BCUT2D eigenvalue weighted by Gasteiger charge is 2.35. The number of aliphatic hydroxyl groups is 1. The summed E-state index contributed by atoms with van der Waals surface area (Å²) in [5.41, 5.74) is 0. The molecule has 0 aromatic rings. The van der Waals surface area contributed by atoms with Crippen molar-refractivity contribution in [2.75, 3.05) is 26.4 Å². The van der Waals surface area contributed by atoms with E-state index in [1.807, 2.05) is 6.92 Å². The molecule has 0 bridgehead atoms. The van der Waals surface area contributed by atoms with E-state index in [0.29, 0.717) is 13.2 Å². The van der Waals surface area contributed by atoms with Crippen LogP contribution in [0.3, 0.4) is 0 Å². The number of aliphatic carboxylic acids is 1. The standard InChI is InChI=1S/C12H22N2O5/c1-2-4-13-10-7-19-6-8(10)11(16)14-9(3-5-15)12(17)18/h8-10,13,15H,2-7H2,1H3,(H,14,16)(H,17,18)/t8?,9-,10?/m0/s1. The van der Waals surface area contributed by atoms with Gasteiger partial charge in [0.15, 0.2) is 0 Å². The zero-order valence-corrected chi connectivity index (χ0v) is 11.1. The maximum Gasteiger partial charge on any atom is 0.326 e. The summed E-state index contributed by atoms with van der Waals surface area (Å²) in [6, 6.07) is -1.13. The number of carboxylic acid groups (broad SMARTS) is 1. The third-order valence-corrected chi connectivity index (χ3v) is 3.11. The quantitative estimate of drug-likeness (QED) is 0.450. The summed E-state index contributed by atoms with van der Waals surface area (Å²) in [5, 5.41) is 23.4. The molecule has 0 aliphatic carbocycles. The number of carbonyl (C=O) groups excluding carboxylic acids is 1. The summed E-state index contributed by atoms with van der Waals surface area (Å²) < 4.78 is 5.27. The number of hydrogen-bond donors (Lipinski definition) is 4. The predicted octanol–water partition coefficient (Wildman–Crippen LogP) is -1.05. The van der Waals surface area contributed by atoms with Crippen molar-refractivity contribution < 1.29 is 24.5 Å². The fraction of sp³-hybridized carbons (Fsp3) is 0.833. The minimum Gasteiger partial charge on any atom is -0.480 e. The van der Waals surface area contributed by atoms with Gasteiger partial charge in [-0.15, -0.1) is 0 Å². The molecule has 3 atom stereocenters. The molecule has 1 amide bonds. The van der Waals surface area contributed by atoms with Gasteiger partial charge in [-0.2, -0.15) is 0 Å². The number of aliphatic hydroxyl groups excluding tert-OH is 1. The largest absolute Gasteiger partial charge is 0.480 e. The van der Waals surface area contributed by atoms with E-state index in [1.54, 1.807) is 0 Å². The molecule has 110 valence electrons. The molecule has 0 aromatic carbocycles. The zero-order chi connectivity index (χ0) is 14.3. The Morgan fingerprint density at radius 1 is 1.42 bits per heavy atom. The Morgan fingerprint density at radius 2 is 2.16 bits per heavy atom. The molecule has 1 fully saturated rings. The van der Waals surface area contributed by atoms with Crippen molar-refractivity contribution >= 4 is 11.9 Å². The number of carboxylic acids is 1. The molecular weight excluding hydrogens is 252 g/mol. The Labute approximate surface area is 112 Å². The smallest absolute Gasteiger partial charge is 0.326 e. The van der Waals surface area contributed by atoms with Gasteiger partial charge in [0, 0.05) is 19.1 Å². The molecule has 0 aromatic heterocycles. The molecule has 1 aliphatic heterocycles. The SMILES string of the molecule is CCCNC1COCC1C(=O)N[C@@H](CCO)C(=O)O. The summed E-state index contributed by atoms with van der Waals surface area (Å²) in [4.78, 5) is 23.0. The lowest BCUT2D eigenvalue weighted by atomic mass is 10.0. The van der Waals surface area contributed by atoms with Crippen LogP contribution in [0.25, 0.3) is 0 Å². The highest BCUT2D eigenvalue weighted by Crippen LogP contribution is 2.14. The van der Waals surface area contributed by atoms with Crippen LogP contribution in [-0.4, -0.2) is 60.5 Å². The van der Waals surface area contributed by atoms with Gasteiger partial charge in [0.25, 0.3) is 0 Å². The monoisotopic (exact) mass is 274 g/mol. The van der Waals surface area contributed by atoms with E-state index in [4.69, 9.17) is 14.9 Å². The number of amides is 1. The lowest BCUT2D eigenvalue weighted by Crippen LogP contribution is -2.49. The van der Waals surface area contributed by atoms with Gasteiger partial charge in [0.2, 0.25) is 5.91 Å². The molecule has 2 unspecified atom stereocenters. The maximum atomic E-state index is 12.0. The van der Waals surface area contributed by atoms with Crippen molar-refractivity contribution in [3.8, 4) is 0 Å². The lowest BCUT2D eigenvalue weighted by molar-refractivity contribution is -0.143. The summed E-state index contributed by atoms with van der Waals surface area (Å²) >= 11 is 0. The van der Waals surface area contributed by atoms with Crippen LogP contribution >= 0.6 is 0 Å². The first-order valence-corrected chi connectivity index (χ1v) is 6.55. The van der Waals surface area contributed by atoms with Gasteiger partial charge in [-0.1, -0.05) is 6.92 Å². The molecule has 7 heteroatoms. The number of hydrogen-bond acceptors (Lipinski definition) is 5. The fourth-order valence-corrected chi connectivity index (χ4v) is 2.01. The molecular formula is C12H22N2O5. The minimum atomic E-state index is -1.14. The summed E-state index contributed by atoms with van der Waals surface area (Å²) in [5.74, 6) is -1.86. The van der Waals surface area contributed by atoms with Crippen molar-refractivity contribution in [2.45, 2.75) is 31.8 Å². The Balaban J connectivity index is 2.52. The van der Waals surface area contributed by atoms with E-state index in [2.05, 4.69) is 10.6 Å². The number of rotatable bonds is 8. The van der Waals surface area contributed by atoms with Crippen molar-refractivity contribution in [2.24, 2.45) is 5.92 Å². The third-order valence-electron chi connectivity index (χ3n) is 3.11. The second-order valence-electron chi connectivity index (χ2n) is 4.62. The van der Waals surface area contributed by atoms with E-state index >= 15 is 0 Å². The van der Waals surface area contributed by atoms with Gasteiger partial charge in [-0.3, -0.25) is 4.79 Å². The van der Waals surface area contributed by atoms with Crippen LogP contribution in [0.4, 0.5) is 0 Å². The van der Waals surface area contributed by atoms with Crippen LogP contribution in [0.15, 0.2) is 0 Å². The Hall–Kier alpha value is -1.18. The first-order valence-electron chi connectivity index (χ1n) is 6.55. The number of carbonyl (C=O) groups is 2. The molecule has 1 saturated heterocycles. The summed E-state index contributed by atoms with van der Waals surface area (Å²) in [6.45, 7) is 3.28. The van der Waals surface area contributed by atoms with Crippen LogP contribution in [0, 0.1) is 5.92 Å². The van der Waals surface area contributed by atoms with E-state index in [1.165, 1.54) is 0 Å². The lowest BCUT2D eigenvalue weighted by Gasteiger charge is -2.20. The van der Waals surface area contributed by atoms with E-state index < -0.39 is 12.0 Å². The summed E-state index contributed by atoms with van der Waals surface area (Å²) in [6.07, 6.45) is 0.953. The minimum absolute atomic E-state index is 0.00169. The molecule has 0 saturated carbocycles. The van der Waals surface area contributed by atoms with Gasteiger partial charge in [0.1, 0.15) is 6.04 Å². The van der Waals surface area contributed by atoms with Gasteiger partial charge < -0.3 is 25.6 Å². The maximum absolute atomic E-state index is 12.0. The molecule has 4 N–H and O–H groups in total. The average molecular weight is 274 g/mol. The Bertz CT molecular complexity index is 310. The van der Waals surface area contributed by atoms with E-state index in [-0.39, 0.29) is 30.9 Å². The van der Waals surface area contributed by atoms with Gasteiger partial charge in [-0.05, 0) is 13.0 Å². The van der Waals surface area contributed by atoms with Gasteiger partial charge >= 0.3 is 5.97 Å². The predicted molar refractivity (Wildman–Crippen MR) is 67.7 cm³/mol. The second-order valence-corrected chi connectivity index (χ2v) is 4.62.